The molecule has 3 rings (SSSR count). The van der Waals surface area contributed by atoms with E-state index in [1.165, 1.54) is 11.1 Å². The maximum atomic E-state index is 5.73. The van der Waals surface area contributed by atoms with Crippen LogP contribution in [-0.2, 0) is 6.54 Å². The fraction of sp³-hybridized carbons (Fsp3) is 0.333. The smallest absolute Gasteiger partial charge is 0.161 e. The van der Waals surface area contributed by atoms with Gasteiger partial charge in [0.05, 0.1) is 13.2 Å². The van der Waals surface area contributed by atoms with Gasteiger partial charge >= 0.3 is 0 Å². The molecule has 0 saturated carbocycles. The van der Waals surface area contributed by atoms with E-state index in [1.54, 1.807) is 0 Å². The van der Waals surface area contributed by atoms with Gasteiger partial charge < -0.3 is 14.8 Å². The molecule has 1 N–H and O–H groups in total. The van der Waals surface area contributed by atoms with Crippen LogP contribution in [0.25, 0.3) is 0 Å². The highest BCUT2D eigenvalue weighted by atomic mass is 16.5. The molecule has 0 fully saturated rings. The fourth-order valence-corrected chi connectivity index (χ4v) is 2.45. The summed E-state index contributed by atoms with van der Waals surface area (Å²) >= 11 is 0. The summed E-state index contributed by atoms with van der Waals surface area (Å²) in [6.07, 6.45) is 0.938. The second-order valence-electron chi connectivity index (χ2n) is 5.34. The van der Waals surface area contributed by atoms with Crippen molar-refractivity contribution in [1.82, 2.24) is 5.32 Å². The highest BCUT2D eigenvalue weighted by Gasteiger charge is 2.11. The van der Waals surface area contributed by atoms with Crippen LogP contribution in [0.4, 0.5) is 0 Å². The zero-order chi connectivity index (χ0) is 14.5. The second-order valence-corrected chi connectivity index (χ2v) is 5.34. The number of ether oxygens (including phenoxy) is 2. The molecule has 3 nitrogen and oxygen atoms in total. The molecule has 0 radical (unpaired) electrons. The van der Waals surface area contributed by atoms with Crippen LogP contribution in [0, 0.1) is 0 Å². The number of fused-ring (bicyclic) bond motifs is 1. The first-order valence-electron chi connectivity index (χ1n) is 7.50. The molecule has 21 heavy (non-hydrogen) atoms. The van der Waals surface area contributed by atoms with Gasteiger partial charge in [0.25, 0.3) is 0 Å². The molecule has 0 saturated heterocycles. The van der Waals surface area contributed by atoms with Crippen LogP contribution in [0.3, 0.4) is 0 Å². The molecule has 0 spiro atoms. The third-order valence-electron chi connectivity index (χ3n) is 3.72. The maximum Gasteiger partial charge on any atom is 0.161 e. The van der Waals surface area contributed by atoms with Gasteiger partial charge in [-0.25, -0.2) is 0 Å². The largest absolute Gasteiger partial charge is 0.490 e. The molecule has 0 aromatic heterocycles. The van der Waals surface area contributed by atoms with Gasteiger partial charge in [0.15, 0.2) is 11.5 Å². The summed E-state index contributed by atoms with van der Waals surface area (Å²) < 4.78 is 11.4. The second kappa shape index (κ2) is 6.64. The lowest BCUT2D eigenvalue weighted by molar-refractivity contribution is 0.297. The summed E-state index contributed by atoms with van der Waals surface area (Å²) in [5, 5.41) is 3.54. The summed E-state index contributed by atoms with van der Waals surface area (Å²) in [6.45, 7) is 4.45. The summed E-state index contributed by atoms with van der Waals surface area (Å²) in [5.41, 5.74) is 2.51. The lowest BCUT2D eigenvalue weighted by Gasteiger charge is -2.15. The van der Waals surface area contributed by atoms with Gasteiger partial charge in [0.1, 0.15) is 0 Å². The molecule has 1 heterocycles. The lowest BCUT2D eigenvalue weighted by Crippen LogP contribution is -2.18. The van der Waals surface area contributed by atoms with Crippen molar-refractivity contribution < 1.29 is 9.47 Å². The van der Waals surface area contributed by atoms with E-state index in [1.807, 2.05) is 12.1 Å². The average Bonchev–Trinajstić information content (AvgIpc) is 2.78. The van der Waals surface area contributed by atoms with Gasteiger partial charge in [-0.05, 0) is 30.2 Å². The Hall–Kier alpha value is -2.00. The van der Waals surface area contributed by atoms with Crippen LogP contribution in [0.5, 0.6) is 11.5 Å². The topological polar surface area (TPSA) is 30.5 Å². The molecule has 0 amide bonds. The van der Waals surface area contributed by atoms with Crippen LogP contribution < -0.4 is 14.8 Å². The first kappa shape index (κ1) is 14.0. The van der Waals surface area contributed by atoms with Gasteiger partial charge in [0.2, 0.25) is 0 Å². The minimum absolute atomic E-state index is 0.321. The SMILES string of the molecule is C[C@H](NCc1ccc2c(c1)OCCCO2)c1ccccc1. The zero-order valence-corrected chi connectivity index (χ0v) is 12.3. The molecule has 0 bridgehead atoms. The molecule has 1 aliphatic rings. The Labute approximate surface area is 125 Å². The zero-order valence-electron chi connectivity index (χ0n) is 12.3. The van der Waals surface area contributed by atoms with E-state index >= 15 is 0 Å². The van der Waals surface area contributed by atoms with Crippen LogP contribution in [-0.4, -0.2) is 13.2 Å². The van der Waals surface area contributed by atoms with E-state index < -0.39 is 0 Å². The highest BCUT2D eigenvalue weighted by molar-refractivity contribution is 5.43. The quantitative estimate of drug-likeness (QED) is 0.928. The van der Waals surface area contributed by atoms with E-state index in [0.717, 1.165) is 37.7 Å². The van der Waals surface area contributed by atoms with E-state index in [9.17, 15) is 0 Å². The number of benzene rings is 2. The molecule has 3 heteroatoms. The Morgan fingerprint density at radius 3 is 2.57 bits per heavy atom. The van der Waals surface area contributed by atoms with E-state index in [0.29, 0.717) is 6.04 Å². The van der Waals surface area contributed by atoms with Crippen molar-refractivity contribution in [3.63, 3.8) is 0 Å². The summed E-state index contributed by atoms with van der Waals surface area (Å²) in [5.74, 6) is 1.71. The number of nitrogens with one attached hydrogen (secondary N) is 1. The van der Waals surface area contributed by atoms with E-state index in [-0.39, 0.29) is 0 Å². The van der Waals surface area contributed by atoms with Crippen LogP contribution >= 0.6 is 0 Å². The Morgan fingerprint density at radius 2 is 1.76 bits per heavy atom. The molecule has 110 valence electrons. The molecule has 2 aromatic carbocycles. The van der Waals surface area contributed by atoms with Crippen molar-refractivity contribution in [2.75, 3.05) is 13.2 Å². The third-order valence-corrected chi connectivity index (χ3v) is 3.72. The monoisotopic (exact) mass is 283 g/mol. The standard InChI is InChI=1S/C18H21NO2/c1-14(16-6-3-2-4-7-16)19-13-15-8-9-17-18(12-15)21-11-5-10-20-17/h2-4,6-9,12,14,19H,5,10-11,13H2,1H3/t14-/m0/s1. The predicted octanol–water partition coefficient (Wildman–Crippen LogP) is 3.70. The summed E-state index contributed by atoms with van der Waals surface area (Å²) in [4.78, 5) is 0. The first-order valence-corrected chi connectivity index (χ1v) is 7.50. The number of hydrogen-bond donors (Lipinski definition) is 1. The van der Waals surface area contributed by atoms with Crippen LogP contribution in [0.1, 0.15) is 30.5 Å². The third kappa shape index (κ3) is 3.56. The number of hydrogen-bond acceptors (Lipinski definition) is 3. The molecule has 0 unspecified atom stereocenters. The minimum atomic E-state index is 0.321. The van der Waals surface area contributed by atoms with Gasteiger partial charge in [-0.15, -0.1) is 0 Å². The van der Waals surface area contributed by atoms with Crippen molar-refractivity contribution in [3.8, 4) is 11.5 Å². The van der Waals surface area contributed by atoms with Gasteiger partial charge in [-0.3, -0.25) is 0 Å². The Kier molecular flexibility index (Phi) is 4.41. The molecule has 1 aliphatic heterocycles. The van der Waals surface area contributed by atoms with E-state index in [2.05, 4.69) is 48.6 Å². The molecule has 2 aromatic rings. The van der Waals surface area contributed by atoms with Crippen molar-refractivity contribution in [2.24, 2.45) is 0 Å². The minimum Gasteiger partial charge on any atom is -0.490 e. The van der Waals surface area contributed by atoms with Crippen LogP contribution in [0.2, 0.25) is 0 Å². The average molecular weight is 283 g/mol. The van der Waals surface area contributed by atoms with Crippen molar-refractivity contribution in [2.45, 2.75) is 25.9 Å². The lowest BCUT2D eigenvalue weighted by atomic mass is 10.1. The Balaban J connectivity index is 1.64. The predicted molar refractivity (Wildman–Crippen MR) is 83.7 cm³/mol. The number of rotatable bonds is 4. The Morgan fingerprint density at radius 1 is 1.00 bits per heavy atom. The molecular weight excluding hydrogens is 262 g/mol. The fourth-order valence-electron chi connectivity index (χ4n) is 2.45. The maximum absolute atomic E-state index is 5.73. The molecular formula is C18H21NO2. The van der Waals surface area contributed by atoms with Crippen molar-refractivity contribution >= 4 is 0 Å². The highest BCUT2D eigenvalue weighted by Crippen LogP contribution is 2.30. The van der Waals surface area contributed by atoms with Crippen LogP contribution in [0.15, 0.2) is 48.5 Å². The Bertz CT molecular complexity index is 583. The van der Waals surface area contributed by atoms with Gasteiger partial charge in [-0.1, -0.05) is 36.4 Å². The van der Waals surface area contributed by atoms with Crippen molar-refractivity contribution in [1.29, 1.82) is 0 Å². The first-order chi connectivity index (χ1) is 10.3. The van der Waals surface area contributed by atoms with E-state index in [4.69, 9.17) is 9.47 Å². The summed E-state index contributed by atoms with van der Waals surface area (Å²) in [6, 6.07) is 17.0. The summed E-state index contributed by atoms with van der Waals surface area (Å²) in [7, 11) is 0. The van der Waals surface area contributed by atoms with Crippen molar-refractivity contribution in [3.05, 3.63) is 59.7 Å². The van der Waals surface area contributed by atoms with Gasteiger partial charge in [0, 0.05) is 19.0 Å². The normalized spacial score (nSPS) is 15.3. The van der Waals surface area contributed by atoms with Gasteiger partial charge in [-0.2, -0.15) is 0 Å². The molecule has 1 atom stereocenters. The molecule has 0 aliphatic carbocycles.